The molecular weight excluding hydrogens is 340 g/mol. The fourth-order valence-corrected chi connectivity index (χ4v) is 3.23. The molecule has 3 aromatic carbocycles. The van der Waals surface area contributed by atoms with Gasteiger partial charge in [0.25, 0.3) is 5.91 Å². The maximum absolute atomic E-state index is 12.7. The molecule has 0 atom stereocenters. The predicted molar refractivity (Wildman–Crippen MR) is 108 cm³/mol. The molecule has 0 bridgehead atoms. The molecule has 0 unspecified atom stereocenters. The Morgan fingerprint density at radius 2 is 1.78 bits per heavy atom. The van der Waals surface area contributed by atoms with E-state index < -0.39 is 0 Å². The molecule has 6 heteroatoms. The number of aromatic amines is 1. The maximum Gasteiger partial charge on any atom is 0.253 e. The van der Waals surface area contributed by atoms with Gasteiger partial charge in [-0.1, -0.05) is 18.2 Å². The van der Waals surface area contributed by atoms with Crippen LogP contribution in [0.1, 0.15) is 10.4 Å². The van der Waals surface area contributed by atoms with E-state index in [-0.39, 0.29) is 11.3 Å². The number of benzene rings is 3. The summed E-state index contributed by atoms with van der Waals surface area (Å²) in [5.74, 6) is -0.160. The first-order chi connectivity index (χ1) is 13.0. The molecule has 136 valence electrons. The number of amides is 1. The van der Waals surface area contributed by atoms with Gasteiger partial charge in [-0.15, -0.1) is 0 Å². The monoisotopic (exact) mass is 360 g/mol. The molecule has 1 aromatic heterocycles. The minimum Gasteiger partial charge on any atom is -0.352 e. The van der Waals surface area contributed by atoms with Gasteiger partial charge in [-0.2, -0.15) is 0 Å². The van der Waals surface area contributed by atoms with Crippen molar-refractivity contribution in [3.8, 4) is 0 Å². The average Bonchev–Trinajstić information content (AvgIpc) is 2.65. The van der Waals surface area contributed by atoms with Gasteiger partial charge >= 0.3 is 0 Å². The van der Waals surface area contributed by atoms with E-state index in [2.05, 4.69) is 10.3 Å². The Labute approximate surface area is 155 Å². The molecular formula is C21H20N4O2. The number of rotatable bonds is 4. The lowest BCUT2D eigenvalue weighted by atomic mass is 10.1. The number of likely N-dealkylation sites (N-methyl/N-ethyl adjacent to an activating group) is 1. The van der Waals surface area contributed by atoms with Gasteiger partial charge in [0, 0.05) is 23.9 Å². The van der Waals surface area contributed by atoms with Crippen LogP contribution in [0.3, 0.4) is 0 Å². The molecule has 0 aliphatic rings. The summed E-state index contributed by atoms with van der Waals surface area (Å²) in [5, 5.41) is 4.33. The van der Waals surface area contributed by atoms with Crippen LogP contribution in [0.5, 0.6) is 0 Å². The zero-order chi connectivity index (χ0) is 19.0. The number of fused-ring (bicyclic) bond motifs is 4. The van der Waals surface area contributed by atoms with E-state index in [0.717, 1.165) is 23.0 Å². The Bertz CT molecular complexity index is 1230. The highest BCUT2D eigenvalue weighted by atomic mass is 16.1. The highest BCUT2D eigenvalue weighted by Gasteiger charge is 2.13. The summed E-state index contributed by atoms with van der Waals surface area (Å²) < 4.78 is 0. The van der Waals surface area contributed by atoms with Gasteiger partial charge < -0.3 is 15.2 Å². The zero-order valence-electron chi connectivity index (χ0n) is 15.2. The minimum atomic E-state index is -0.160. The summed E-state index contributed by atoms with van der Waals surface area (Å²) in [6, 6.07) is 14.3. The molecule has 4 aromatic rings. The molecule has 4 rings (SSSR count). The normalized spacial score (nSPS) is 11.5. The van der Waals surface area contributed by atoms with Crippen LogP contribution in [-0.4, -0.2) is 48.0 Å². The van der Waals surface area contributed by atoms with E-state index in [1.54, 1.807) is 18.2 Å². The maximum atomic E-state index is 12.7. The molecule has 0 aliphatic carbocycles. The van der Waals surface area contributed by atoms with Gasteiger partial charge in [-0.25, -0.2) is 4.98 Å². The van der Waals surface area contributed by atoms with Gasteiger partial charge in [-0.3, -0.25) is 9.59 Å². The van der Waals surface area contributed by atoms with Crippen LogP contribution in [0, 0.1) is 0 Å². The number of carbonyl (C=O) groups is 1. The van der Waals surface area contributed by atoms with Crippen LogP contribution in [0.25, 0.3) is 32.8 Å². The lowest BCUT2D eigenvalue weighted by molar-refractivity contribution is 0.0952. The van der Waals surface area contributed by atoms with Crippen LogP contribution < -0.4 is 10.7 Å². The largest absolute Gasteiger partial charge is 0.352 e. The van der Waals surface area contributed by atoms with Gasteiger partial charge in [0.15, 0.2) is 5.43 Å². The molecule has 0 spiro atoms. The van der Waals surface area contributed by atoms with Crippen LogP contribution >= 0.6 is 0 Å². The first-order valence-corrected chi connectivity index (χ1v) is 8.82. The van der Waals surface area contributed by atoms with Crippen LogP contribution in [0.2, 0.25) is 0 Å². The van der Waals surface area contributed by atoms with Gasteiger partial charge in [0.1, 0.15) is 0 Å². The molecule has 2 N–H and O–H groups in total. The predicted octanol–water partition coefficient (Wildman–Crippen LogP) is 2.52. The second-order valence-electron chi connectivity index (χ2n) is 6.81. The molecule has 0 fully saturated rings. The number of para-hydroxylation sites is 1. The third-order valence-corrected chi connectivity index (χ3v) is 4.61. The lowest BCUT2D eigenvalue weighted by Gasteiger charge is -2.12. The highest BCUT2D eigenvalue weighted by Crippen LogP contribution is 2.24. The van der Waals surface area contributed by atoms with Crippen LogP contribution in [-0.2, 0) is 0 Å². The second-order valence-corrected chi connectivity index (χ2v) is 6.81. The van der Waals surface area contributed by atoms with Crippen molar-refractivity contribution in [1.82, 2.24) is 20.2 Å². The van der Waals surface area contributed by atoms with Crippen molar-refractivity contribution in [3.05, 3.63) is 64.3 Å². The van der Waals surface area contributed by atoms with Gasteiger partial charge in [-0.05, 0) is 44.4 Å². The summed E-state index contributed by atoms with van der Waals surface area (Å²) in [5.41, 5.74) is 3.36. The van der Waals surface area contributed by atoms with Crippen molar-refractivity contribution in [2.45, 2.75) is 0 Å². The van der Waals surface area contributed by atoms with Crippen molar-refractivity contribution in [1.29, 1.82) is 0 Å². The number of carbonyl (C=O) groups excluding carboxylic acids is 1. The fraction of sp³-hybridized carbons (Fsp3) is 0.190. The number of hydrogen-bond donors (Lipinski definition) is 2. The summed E-state index contributed by atoms with van der Waals surface area (Å²) in [4.78, 5) is 34.9. The minimum absolute atomic E-state index is 0.0361. The number of nitrogens with zero attached hydrogens (tertiary/aromatic N) is 2. The Hall–Kier alpha value is -3.25. The van der Waals surface area contributed by atoms with E-state index >= 15 is 0 Å². The third kappa shape index (κ3) is 3.15. The zero-order valence-corrected chi connectivity index (χ0v) is 15.2. The van der Waals surface area contributed by atoms with Crippen molar-refractivity contribution in [3.63, 3.8) is 0 Å². The first kappa shape index (κ1) is 17.2. The van der Waals surface area contributed by atoms with Crippen LogP contribution in [0.4, 0.5) is 0 Å². The standard InChI is InChI=1S/C21H20N4O2/c1-25(2)12-11-22-21(27)15-6-3-7-16-20(15)24-19-14-5-4-8-18(26)13(14)9-10-17(19)23-16/h3-10,23H,11-12H2,1-2H3,(H,22,27). The SMILES string of the molecule is CN(C)CCNC(=O)c1cccc2[nH]c3ccc4c(=O)cccc4c3nc12. The molecule has 1 amide bonds. The summed E-state index contributed by atoms with van der Waals surface area (Å²) in [6.45, 7) is 1.32. The lowest BCUT2D eigenvalue weighted by Crippen LogP contribution is -2.31. The summed E-state index contributed by atoms with van der Waals surface area (Å²) in [6.07, 6.45) is 0. The average molecular weight is 360 g/mol. The molecule has 6 nitrogen and oxygen atoms in total. The Kier molecular flexibility index (Phi) is 4.33. The van der Waals surface area contributed by atoms with Crippen molar-refractivity contribution < 1.29 is 4.79 Å². The molecule has 27 heavy (non-hydrogen) atoms. The molecule has 1 heterocycles. The van der Waals surface area contributed by atoms with E-state index in [1.807, 2.05) is 49.3 Å². The Morgan fingerprint density at radius 1 is 1.00 bits per heavy atom. The number of aromatic nitrogens is 2. The topological polar surface area (TPSA) is 78.1 Å². The van der Waals surface area contributed by atoms with Crippen molar-refractivity contribution in [2.75, 3.05) is 27.2 Å². The summed E-state index contributed by atoms with van der Waals surface area (Å²) in [7, 11) is 3.92. The third-order valence-electron chi connectivity index (χ3n) is 4.61. The highest BCUT2D eigenvalue weighted by molar-refractivity contribution is 6.09. The van der Waals surface area contributed by atoms with Crippen molar-refractivity contribution >= 4 is 38.7 Å². The quantitative estimate of drug-likeness (QED) is 0.433. The van der Waals surface area contributed by atoms with E-state index in [1.165, 1.54) is 0 Å². The Balaban J connectivity index is 1.88. The number of hydrogen-bond acceptors (Lipinski definition) is 4. The number of H-pyrrole nitrogens is 1. The van der Waals surface area contributed by atoms with E-state index in [9.17, 15) is 9.59 Å². The molecule has 0 saturated carbocycles. The second kappa shape index (κ2) is 6.81. The molecule has 0 aliphatic heterocycles. The fourth-order valence-electron chi connectivity index (χ4n) is 3.23. The number of nitrogens with one attached hydrogen (secondary N) is 2. The van der Waals surface area contributed by atoms with Gasteiger partial charge in [0.05, 0.1) is 27.6 Å². The first-order valence-electron chi connectivity index (χ1n) is 8.82. The van der Waals surface area contributed by atoms with Crippen LogP contribution in [0.15, 0.2) is 53.3 Å². The van der Waals surface area contributed by atoms with E-state index in [4.69, 9.17) is 4.98 Å². The Morgan fingerprint density at radius 3 is 2.59 bits per heavy atom. The molecule has 0 radical (unpaired) electrons. The molecule has 0 saturated heterocycles. The van der Waals surface area contributed by atoms with Gasteiger partial charge in [0.2, 0.25) is 0 Å². The van der Waals surface area contributed by atoms with E-state index in [0.29, 0.717) is 28.5 Å². The van der Waals surface area contributed by atoms with Crippen molar-refractivity contribution in [2.24, 2.45) is 0 Å². The summed E-state index contributed by atoms with van der Waals surface area (Å²) >= 11 is 0. The smallest absolute Gasteiger partial charge is 0.253 e.